The van der Waals surface area contributed by atoms with E-state index in [2.05, 4.69) is 0 Å². The minimum Gasteiger partial charge on any atom is -0.478 e. The maximum atomic E-state index is 12.6. The van der Waals surface area contributed by atoms with E-state index in [1.807, 2.05) is 0 Å². The Morgan fingerprint density at radius 3 is 2.43 bits per heavy atom. The lowest BCUT2D eigenvalue weighted by molar-refractivity contribution is 0.0684. The lowest BCUT2D eigenvalue weighted by atomic mass is 10.00. The molecule has 0 aliphatic carbocycles. The quantitative estimate of drug-likeness (QED) is 0.757. The van der Waals surface area contributed by atoms with Gasteiger partial charge in [0, 0.05) is 4.90 Å². The summed E-state index contributed by atoms with van der Waals surface area (Å²) in [5.74, 6) is -2.17. The third-order valence-corrected chi connectivity index (χ3v) is 5.05. The zero-order valence-electron chi connectivity index (χ0n) is 10.7. The molecule has 5 nitrogen and oxygen atoms in total. The van der Waals surface area contributed by atoms with Gasteiger partial charge in [-0.2, -0.15) is 0 Å². The number of carboxylic acid groups (broad SMARTS) is 2. The van der Waals surface area contributed by atoms with Crippen molar-refractivity contribution in [1.82, 2.24) is 0 Å². The summed E-state index contributed by atoms with van der Waals surface area (Å²) in [4.78, 5) is 23.0. The van der Waals surface area contributed by atoms with Gasteiger partial charge in [-0.05, 0) is 41.8 Å². The van der Waals surface area contributed by atoms with Gasteiger partial charge >= 0.3 is 11.9 Å². The number of carboxylic acids is 2. The fourth-order valence-corrected chi connectivity index (χ4v) is 3.97. The maximum absolute atomic E-state index is 12.6. The zero-order valence-corrected chi connectivity index (χ0v) is 11.5. The molecule has 3 rings (SSSR count). The van der Waals surface area contributed by atoms with Crippen LogP contribution in [-0.4, -0.2) is 26.4 Å². The molecule has 1 atom stereocenters. The van der Waals surface area contributed by atoms with Crippen LogP contribution in [0.2, 0.25) is 0 Å². The van der Waals surface area contributed by atoms with E-state index in [1.165, 1.54) is 24.3 Å². The van der Waals surface area contributed by atoms with E-state index in [4.69, 9.17) is 5.11 Å². The average molecular weight is 302 g/mol. The Morgan fingerprint density at radius 2 is 1.76 bits per heavy atom. The highest BCUT2D eigenvalue weighted by Crippen LogP contribution is 2.34. The molecule has 1 heterocycles. The van der Waals surface area contributed by atoms with E-state index in [0.29, 0.717) is 27.3 Å². The standard InChI is InChI=1S/C15H10O5S/c16-14(17)9-4-5-12-10(7-9)6-8-2-1-3-11(15(18)19)13(8)21(12)20/h1-5,7H,6H2,(H,16,17)(H,18,19). The molecule has 0 spiro atoms. The van der Waals surface area contributed by atoms with Gasteiger partial charge in [0.05, 0.1) is 26.8 Å². The Bertz CT molecular complexity index is 810. The second-order valence-electron chi connectivity index (χ2n) is 4.67. The monoisotopic (exact) mass is 302 g/mol. The van der Waals surface area contributed by atoms with Gasteiger partial charge in [0.15, 0.2) is 0 Å². The number of hydrogen-bond acceptors (Lipinski definition) is 3. The lowest BCUT2D eigenvalue weighted by Gasteiger charge is -2.20. The molecule has 2 N–H and O–H groups in total. The molecule has 0 radical (unpaired) electrons. The Labute approximate surface area is 122 Å². The minimum absolute atomic E-state index is 0.0267. The van der Waals surface area contributed by atoms with Gasteiger partial charge < -0.3 is 10.2 Å². The fraction of sp³-hybridized carbons (Fsp3) is 0.0667. The predicted octanol–water partition coefficient (Wildman–Crippen LogP) is 2.15. The first kappa shape index (κ1) is 13.5. The molecular weight excluding hydrogens is 292 g/mol. The SMILES string of the molecule is O=C(O)c1ccc2c(c1)Cc1cccc(C(=O)O)c1S2=O. The Hall–Kier alpha value is -2.47. The van der Waals surface area contributed by atoms with Crippen LogP contribution in [0.15, 0.2) is 46.2 Å². The molecule has 2 aromatic rings. The van der Waals surface area contributed by atoms with E-state index < -0.39 is 22.7 Å². The summed E-state index contributed by atoms with van der Waals surface area (Å²) in [6, 6.07) is 9.12. The van der Waals surface area contributed by atoms with Crippen molar-refractivity contribution in [3.05, 3.63) is 58.7 Å². The number of carbonyl (C=O) groups is 2. The van der Waals surface area contributed by atoms with Crippen LogP contribution in [0.4, 0.5) is 0 Å². The predicted molar refractivity (Wildman–Crippen MR) is 74.3 cm³/mol. The van der Waals surface area contributed by atoms with E-state index >= 15 is 0 Å². The minimum atomic E-state index is -1.62. The number of hydrogen-bond donors (Lipinski definition) is 2. The Morgan fingerprint density at radius 1 is 1.00 bits per heavy atom. The van der Waals surface area contributed by atoms with E-state index in [-0.39, 0.29) is 11.1 Å². The zero-order chi connectivity index (χ0) is 15.1. The van der Waals surface area contributed by atoms with Crippen LogP contribution < -0.4 is 0 Å². The van der Waals surface area contributed by atoms with E-state index in [9.17, 15) is 18.9 Å². The first-order valence-electron chi connectivity index (χ1n) is 6.12. The smallest absolute Gasteiger partial charge is 0.336 e. The molecule has 106 valence electrons. The summed E-state index contributed by atoms with van der Waals surface area (Å²) in [7, 11) is -1.62. The highest BCUT2D eigenvalue weighted by Gasteiger charge is 2.27. The summed E-state index contributed by atoms with van der Waals surface area (Å²) in [5, 5.41) is 18.2. The second-order valence-corrected chi connectivity index (χ2v) is 6.06. The van der Waals surface area contributed by atoms with Crippen molar-refractivity contribution in [2.75, 3.05) is 0 Å². The van der Waals surface area contributed by atoms with Gasteiger partial charge in [-0.3, -0.25) is 0 Å². The van der Waals surface area contributed by atoms with Gasteiger partial charge in [-0.15, -0.1) is 0 Å². The van der Waals surface area contributed by atoms with Crippen LogP contribution in [0, 0.1) is 0 Å². The second kappa shape index (κ2) is 4.82. The topological polar surface area (TPSA) is 91.7 Å². The molecule has 1 aliphatic heterocycles. The van der Waals surface area contributed by atoms with Crippen LogP contribution in [0.1, 0.15) is 31.8 Å². The summed E-state index contributed by atoms with van der Waals surface area (Å²) in [6.45, 7) is 0. The van der Waals surface area contributed by atoms with Gasteiger partial charge in [-0.25, -0.2) is 13.8 Å². The summed E-state index contributed by atoms with van der Waals surface area (Å²) < 4.78 is 12.6. The number of benzene rings is 2. The largest absolute Gasteiger partial charge is 0.478 e. The number of rotatable bonds is 2. The molecule has 0 fully saturated rings. The average Bonchev–Trinajstić information content (AvgIpc) is 2.46. The van der Waals surface area contributed by atoms with Crippen LogP contribution >= 0.6 is 0 Å². The highest BCUT2D eigenvalue weighted by molar-refractivity contribution is 7.85. The van der Waals surface area contributed by atoms with Crippen molar-refractivity contribution in [2.45, 2.75) is 16.2 Å². The van der Waals surface area contributed by atoms with Crippen molar-refractivity contribution < 1.29 is 24.0 Å². The molecular formula is C15H10O5S. The maximum Gasteiger partial charge on any atom is 0.336 e. The van der Waals surface area contributed by atoms with Crippen LogP contribution in [-0.2, 0) is 17.2 Å². The van der Waals surface area contributed by atoms with Crippen LogP contribution in [0.3, 0.4) is 0 Å². The van der Waals surface area contributed by atoms with Gasteiger partial charge in [0.25, 0.3) is 0 Å². The first-order chi connectivity index (χ1) is 9.99. The number of fused-ring (bicyclic) bond motifs is 2. The molecule has 1 unspecified atom stereocenters. The van der Waals surface area contributed by atoms with Crippen LogP contribution in [0.5, 0.6) is 0 Å². The normalized spacial score (nSPS) is 15.9. The van der Waals surface area contributed by atoms with Gasteiger partial charge in [0.2, 0.25) is 0 Å². The van der Waals surface area contributed by atoms with E-state index in [1.54, 1.807) is 12.1 Å². The van der Waals surface area contributed by atoms with Gasteiger partial charge in [-0.1, -0.05) is 12.1 Å². The third kappa shape index (κ3) is 2.13. The molecule has 1 aliphatic rings. The summed E-state index contributed by atoms with van der Waals surface area (Å²) >= 11 is 0. The Balaban J connectivity index is 2.19. The fourth-order valence-electron chi connectivity index (χ4n) is 2.46. The first-order valence-corrected chi connectivity index (χ1v) is 7.27. The highest BCUT2D eigenvalue weighted by atomic mass is 32.2. The lowest BCUT2D eigenvalue weighted by Crippen LogP contribution is -2.15. The summed E-state index contributed by atoms with van der Waals surface area (Å²) in [6.07, 6.45) is 0.374. The van der Waals surface area contributed by atoms with Crippen molar-refractivity contribution in [3.63, 3.8) is 0 Å². The van der Waals surface area contributed by atoms with Crippen molar-refractivity contribution in [1.29, 1.82) is 0 Å². The molecule has 0 saturated heterocycles. The molecule has 2 aromatic carbocycles. The van der Waals surface area contributed by atoms with Gasteiger partial charge in [0.1, 0.15) is 0 Å². The molecule has 0 saturated carbocycles. The molecule has 0 aromatic heterocycles. The van der Waals surface area contributed by atoms with Crippen molar-refractivity contribution in [3.8, 4) is 0 Å². The van der Waals surface area contributed by atoms with Crippen LogP contribution in [0.25, 0.3) is 0 Å². The summed E-state index contributed by atoms with van der Waals surface area (Å²) in [5.41, 5.74) is 1.47. The number of aromatic carboxylic acids is 2. The molecule has 21 heavy (non-hydrogen) atoms. The van der Waals surface area contributed by atoms with Crippen molar-refractivity contribution >= 4 is 22.7 Å². The Kier molecular flexibility index (Phi) is 3.10. The molecule has 6 heteroatoms. The molecule has 0 amide bonds. The van der Waals surface area contributed by atoms with Crippen molar-refractivity contribution in [2.24, 2.45) is 0 Å². The molecule has 0 bridgehead atoms. The van der Waals surface area contributed by atoms with E-state index in [0.717, 1.165) is 0 Å². The third-order valence-electron chi connectivity index (χ3n) is 3.40.